The van der Waals surface area contributed by atoms with Gasteiger partial charge >= 0.3 is 4.87 Å². The number of hydrogen-bond acceptors (Lipinski definition) is 3. The van der Waals surface area contributed by atoms with E-state index in [-0.39, 0.29) is 10.7 Å². The molecule has 0 bridgehead atoms. The lowest BCUT2D eigenvalue weighted by atomic mass is 10.0. The standard InChI is InChI=1S/C14H8ClNO2S/c15-10-4-2-1-3-9(10)13(17)8-5-6-11-12(7-8)19-14(18)16-11/h1-7H,(H,16,18). The summed E-state index contributed by atoms with van der Waals surface area (Å²) in [5, 5.41) is 0.426. The van der Waals surface area contributed by atoms with Gasteiger partial charge in [-0.2, -0.15) is 0 Å². The molecular weight excluding hydrogens is 282 g/mol. The van der Waals surface area contributed by atoms with E-state index >= 15 is 0 Å². The molecule has 3 rings (SSSR count). The van der Waals surface area contributed by atoms with Crippen LogP contribution in [0.15, 0.2) is 47.3 Å². The molecule has 5 heteroatoms. The number of halogens is 1. The van der Waals surface area contributed by atoms with Gasteiger partial charge in [0, 0.05) is 11.1 Å². The Morgan fingerprint density at radius 1 is 1.16 bits per heavy atom. The number of hydrogen-bond donors (Lipinski definition) is 1. The van der Waals surface area contributed by atoms with Crippen LogP contribution in [0.2, 0.25) is 5.02 Å². The quantitative estimate of drug-likeness (QED) is 0.734. The van der Waals surface area contributed by atoms with Crippen LogP contribution in [0.1, 0.15) is 15.9 Å². The largest absolute Gasteiger partial charge is 0.312 e. The summed E-state index contributed by atoms with van der Waals surface area (Å²) in [6, 6.07) is 12.1. The van der Waals surface area contributed by atoms with Crippen molar-refractivity contribution in [1.82, 2.24) is 4.98 Å². The summed E-state index contributed by atoms with van der Waals surface area (Å²) in [4.78, 5) is 26.2. The van der Waals surface area contributed by atoms with E-state index in [1.165, 1.54) is 0 Å². The average Bonchev–Trinajstić information content (AvgIpc) is 2.77. The van der Waals surface area contributed by atoms with Crippen molar-refractivity contribution >= 4 is 38.9 Å². The van der Waals surface area contributed by atoms with E-state index in [1.54, 1.807) is 42.5 Å². The van der Waals surface area contributed by atoms with Gasteiger partial charge in [-0.3, -0.25) is 9.59 Å². The number of aromatic amines is 1. The molecule has 0 amide bonds. The maximum absolute atomic E-state index is 12.3. The van der Waals surface area contributed by atoms with Gasteiger partial charge < -0.3 is 4.98 Å². The molecule has 19 heavy (non-hydrogen) atoms. The van der Waals surface area contributed by atoms with Crippen molar-refractivity contribution in [2.75, 3.05) is 0 Å². The average molecular weight is 290 g/mol. The normalized spacial score (nSPS) is 10.8. The molecule has 94 valence electrons. The van der Waals surface area contributed by atoms with Crippen LogP contribution in [0.5, 0.6) is 0 Å². The molecule has 1 aromatic heterocycles. The van der Waals surface area contributed by atoms with E-state index in [9.17, 15) is 9.59 Å². The smallest absolute Gasteiger partial charge is 0.305 e. The monoisotopic (exact) mass is 289 g/mol. The number of H-pyrrole nitrogens is 1. The molecule has 0 unspecified atom stereocenters. The molecule has 0 saturated carbocycles. The molecule has 0 saturated heterocycles. The minimum absolute atomic E-state index is 0.127. The van der Waals surface area contributed by atoms with Crippen LogP contribution in [0.3, 0.4) is 0 Å². The van der Waals surface area contributed by atoms with E-state index < -0.39 is 0 Å². The Kier molecular flexibility index (Phi) is 2.97. The SMILES string of the molecule is O=C(c1ccc2[nH]c(=O)sc2c1)c1ccccc1Cl. The zero-order valence-electron chi connectivity index (χ0n) is 9.64. The Balaban J connectivity index is 2.11. The van der Waals surface area contributed by atoms with Gasteiger partial charge in [0.2, 0.25) is 0 Å². The van der Waals surface area contributed by atoms with Crippen molar-refractivity contribution in [2.45, 2.75) is 0 Å². The second kappa shape index (κ2) is 4.64. The third-order valence-electron chi connectivity index (χ3n) is 2.80. The minimum Gasteiger partial charge on any atom is -0.312 e. The number of rotatable bonds is 2. The second-order valence-corrected chi connectivity index (χ2v) is 5.46. The Morgan fingerprint density at radius 3 is 2.74 bits per heavy atom. The van der Waals surface area contributed by atoms with Crippen molar-refractivity contribution in [1.29, 1.82) is 0 Å². The minimum atomic E-state index is -0.145. The number of fused-ring (bicyclic) bond motifs is 1. The lowest BCUT2D eigenvalue weighted by Gasteiger charge is -2.03. The van der Waals surface area contributed by atoms with E-state index in [1.807, 2.05) is 0 Å². The summed E-state index contributed by atoms with van der Waals surface area (Å²) >= 11 is 7.10. The third-order valence-corrected chi connectivity index (χ3v) is 3.98. The van der Waals surface area contributed by atoms with Gasteiger partial charge in [0.15, 0.2) is 5.78 Å². The van der Waals surface area contributed by atoms with Crippen molar-refractivity contribution < 1.29 is 4.79 Å². The molecule has 2 aromatic carbocycles. The first-order chi connectivity index (χ1) is 9.15. The maximum Gasteiger partial charge on any atom is 0.305 e. The summed E-state index contributed by atoms with van der Waals surface area (Å²) in [5.41, 5.74) is 1.73. The van der Waals surface area contributed by atoms with Gasteiger partial charge in [-0.05, 0) is 30.3 Å². The highest BCUT2D eigenvalue weighted by atomic mass is 35.5. The predicted molar refractivity (Wildman–Crippen MR) is 77.3 cm³/mol. The zero-order chi connectivity index (χ0) is 13.4. The highest BCUT2D eigenvalue weighted by molar-refractivity contribution is 7.16. The van der Waals surface area contributed by atoms with E-state index in [4.69, 9.17) is 11.6 Å². The third kappa shape index (κ3) is 2.20. The highest BCUT2D eigenvalue weighted by Gasteiger charge is 2.13. The van der Waals surface area contributed by atoms with Crippen LogP contribution >= 0.6 is 22.9 Å². The van der Waals surface area contributed by atoms with Gasteiger partial charge in [-0.25, -0.2) is 0 Å². The maximum atomic E-state index is 12.3. The Bertz CT molecular complexity index is 835. The molecule has 0 spiro atoms. The van der Waals surface area contributed by atoms with E-state index in [0.29, 0.717) is 16.1 Å². The van der Waals surface area contributed by atoms with E-state index in [2.05, 4.69) is 4.98 Å². The summed E-state index contributed by atoms with van der Waals surface area (Å²) in [5.74, 6) is -0.145. The topological polar surface area (TPSA) is 49.9 Å². The molecule has 0 radical (unpaired) electrons. The molecule has 1 N–H and O–H groups in total. The summed E-state index contributed by atoms with van der Waals surface area (Å²) < 4.78 is 0.767. The van der Waals surface area contributed by atoms with Crippen LogP contribution in [0, 0.1) is 0 Å². The van der Waals surface area contributed by atoms with Crippen molar-refractivity contribution in [2.24, 2.45) is 0 Å². The highest BCUT2D eigenvalue weighted by Crippen LogP contribution is 2.22. The number of carbonyl (C=O) groups is 1. The number of nitrogens with one attached hydrogen (secondary N) is 1. The molecule has 0 aliphatic rings. The van der Waals surface area contributed by atoms with Crippen LogP contribution in [-0.4, -0.2) is 10.8 Å². The Morgan fingerprint density at radius 2 is 1.95 bits per heavy atom. The second-order valence-electron chi connectivity index (χ2n) is 4.03. The molecule has 3 aromatic rings. The lowest BCUT2D eigenvalue weighted by Crippen LogP contribution is -2.01. The number of benzene rings is 2. The number of thiazole rings is 1. The molecule has 0 atom stereocenters. The van der Waals surface area contributed by atoms with Crippen LogP contribution in [0.4, 0.5) is 0 Å². The molecule has 0 aliphatic carbocycles. The fourth-order valence-electron chi connectivity index (χ4n) is 1.89. The number of carbonyl (C=O) groups excluding carboxylic acids is 1. The first-order valence-corrected chi connectivity index (χ1v) is 6.77. The van der Waals surface area contributed by atoms with Crippen LogP contribution in [0.25, 0.3) is 10.2 Å². The molecule has 1 heterocycles. The van der Waals surface area contributed by atoms with Crippen molar-refractivity contribution in [3.05, 3.63) is 68.3 Å². The Labute approximate surface area is 117 Å². The lowest BCUT2D eigenvalue weighted by molar-refractivity contribution is 0.103. The molecular formula is C14H8ClNO2S. The van der Waals surface area contributed by atoms with Gasteiger partial charge in [-0.1, -0.05) is 35.1 Å². The fraction of sp³-hybridized carbons (Fsp3) is 0. The molecule has 0 fully saturated rings. The van der Waals surface area contributed by atoms with Gasteiger partial charge in [0.05, 0.1) is 15.2 Å². The number of aromatic nitrogens is 1. The van der Waals surface area contributed by atoms with Crippen LogP contribution in [-0.2, 0) is 0 Å². The van der Waals surface area contributed by atoms with Gasteiger partial charge in [0.25, 0.3) is 0 Å². The van der Waals surface area contributed by atoms with Crippen molar-refractivity contribution in [3.63, 3.8) is 0 Å². The zero-order valence-corrected chi connectivity index (χ0v) is 11.2. The first-order valence-electron chi connectivity index (χ1n) is 5.57. The van der Waals surface area contributed by atoms with E-state index in [0.717, 1.165) is 21.6 Å². The van der Waals surface area contributed by atoms with Crippen LogP contribution < -0.4 is 4.87 Å². The van der Waals surface area contributed by atoms with Gasteiger partial charge in [0.1, 0.15) is 0 Å². The summed E-state index contributed by atoms with van der Waals surface area (Å²) in [7, 11) is 0. The number of ketones is 1. The first kappa shape index (κ1) is 12.1. The predicted octanol–water partition coefficient (Wildman–Crippen LogP) is 3.47. The fourth-order valence-corrected chi connectivity index (χ4v) is 2.88. The molecule has 3 nitrogen and oxygen atoms in total. The van der Waals surface area contributed by atoms with Crippen molar-refractivity contribution in [3.8, 4) is 0 Å². The summed E-state index contributed by atoms with van der Waals surface area (Å²) in [6.45, 7) is 0. The summed E-state index contributed by atoms with van der Waals surface area (Å²) in [6.07, 6.45) is 0. The van der Waals surface area contributed by atoms with Gasteiger partial charge in [-0.15, -0.1) is 0 Å². The molecule has 0 aliphatic heterocycles. The Hall–Kier alpha value is -1.91.